The number of ether oxygens (including phenoxy) is 9. The molecule has 1 amide bonds. The minimum atomic E-state index is -3.67. The van der Waals surface area contributed by atoms with Crippen molar-refractivity contribution in [2.24, 2.45) is 0 Å². The summed E-state index contributed by atoms with van der Waals surface area (Å²) in [7, 11) is 10.6. The fourth-order valence-corrected chi connectivity index (χ4v) is 12.5. The number of nitrogens with one attached hydrogen (secondary N) is 1. The van der Waals surface area contributed by atoms with Crippen LogP contribution in [0, 0.1) is 23.2 Å². The van der Waals surface area contributed by atoms with Gasteiger partial charge in [0.1, 0.15) is 0 Å². The summed E-state index contributed by atoms with van der Waals surface area (Å²) >= 11 is 0. The second-order valence-electron chi connectivity index (χ2n) is 11.8. The first-order chi connectivity index (χ1) is 26.2. The van der Waals surface area contributed by atoms with Crippen molar-refractivity contribution in [1.29, 1.82) is 5.26 Å². The number of hydrogen-bond acceptors (Lipinski definition) is 11. The molecule has 13 heteroatoms. The van der Waals surface area contributed by atoms with Gasteiger partial charge in [0.05, 0.1) is 0 Å². The Balaban J connectivity index is 2.00. The van der Waals surface area contributed by atoms with Crippen LogP contribution >= 0.6 is 7.26 Å². The normalized spacial score (nSPS) is 10.8. The molecule has 4 aromatic rings. The molecule has 0 fully saturated rings. The number of rotatable bonds is 18. The molecule has 0 aliphatic carbocycles. The van der Waals surface area contributed by atoms with Crippen molar-refractivity contribution < 1.29 is 47.4 Å². The van der Waals surface area contributed by atoms with Crippen molar-refractivity contribution in [3.63, 3.8) is 0 Å². The maximum atomic E-state index is 13.3. The number of amides is 1. The molecule has 286 valence electrons. The molecule has 1 N–H and O–H groups in total. The molecule has 0 radical (unpaired) electrons. The third-order valence-corrected chi connectivity index (χ3v) is 14.2. The summed E-state index contributed by atoms with van der Waals surface area (Å²) in [6, 6.07) is 19.7. The van der Waals surface area contributed by atoms with Crippen LogP contribution in [0.1, 0.15) is 24.8 Å². The summed E-state index contributed by atoms with van der Waals surface area (Å²) in [4.78, 5) is 13.3. The molecule has 54 heavy (non-hydrogen) atoms. The van der Waals surface area contributed by atoms with Crippen LogP contribution < -0.4 is 63.9 Å². The van der Waals surface area contributed by atoms with Crippen LogP contribution in [0.25, 0.3) is 0 Å². The van der Waals surface area contributed by atoms with E-state index in [1.807, 2.05) is 36.4 Å². The Morgan fingerprint density at radius 1 is 0.574 bits per heavy atom. The van der Waals surface area contributed by atoms with E-state index in [4.69, 9.17) is 47.9 Å². The second-order valence-corrected chi connectivity index (χ2v) is 15.6. The fraction of sp³-hybridized carbons (Fsp3) is 0.317. The van der Waals surface area contributed by atoms with Gasteiger partial charge in [-0.1, -0.05) is 0 Å². The Bertz CT molecular complexity index is 1800. The third-order valence-electron chi connectivity index (χ3n) is 9.06. The molecule has 0 unspecified atom stereocenters. The van der Waals surface area contributed by atoms with Crippen LogP contribution in [0.2, 0.25) is 0 Å². The van der Waals surface area contributed by atoms with Crippen molar-refractivity contribution in [1.82, 2.24) is 0 Å². The number of nitrogens with zero attached hydrogens (tertiary/aromatic N) is 1. The molecule has 0 aliphatic heterocycles. The fourth-order valence-electron chi connectivity index (χ4n) is 6.67. The molecule has 12 nitrogen and oxygen atoms in total. The minimum absolute atomic E-state index is 0.156. The first-order valence-electron chi connectivity index (χ1n) is 16.9. The molecule has 0 atom stereocenters. The number of carbonyl (C=O) groups excluding carboxylic acids is 1. The van der Waals surface area contributed by atoms with E-state index in [-0.39, 0.29) is 12.3 Å². The summed E-state index contributed by atoms with van der Waals surface area (Å²) in [5.74, 6) is 9.53. The monoisotopic (exact) mass is 758 g/mol. The molecular weight excluding hydrogens is 711 g/mol. The average Bonchev–Trinajstić information content (AvgIpc) is 3.22. The molecule has 0 aromatic heterocycles. The molecule has 0 saturated carbocycles. The number of carbonyl (C=O) groups is 1. The van der Waals surface area contributed by atoms with E-state index >= 15 is 0 Å². The Kier molecular flexibility index (Phi) is 14.5. The van der Waals surface area contributed by atoms with E-state index < -0.39 is 7.26 Å². The van der Waals surface area contributed by atoms with Crippen LogP contribution in [0.5, 0.6) is 51.7 Å². The van der Waals surface area contributed by atoms with Gasteiger partial charge < -0.3 is 0 Å². The van der Waals surface area contributed by atoms with Crippen molar-refractivity contribution in [2.75, 3.05) is 75.5 Å². The maximum absolute atomic E-state index is 13.3. The van der Waals surface area contributed by atoms with Gasteiger partial charge in [0, 0.05) is 0 Å². The predicted molar refractivity (Wildman–Crippen MR) is 212 cm³/mol. The molecule has 0 heterocycles. The number of nitriles is 1. The second kappa shape index (κ2) is 19.2. The van der Waals surface area contributed by atoms with Crippen molar-refractivity contribution in [3.8, 4) is 69.7 Å². The van der Waals surface area contributed by atoms with Gasteiger partial charge in [-0.2, -0.15) is 5.26 Å². The van der Waals surface area contributed by atoms with Crippen LogP contribution in [-0.4, -0.2) is 76.1 Å². The molecule has 4 rings (SSSR count). The number of unbranched alkanes of at least 4 members (excludes halogenated alkanes) is 1. The molecular formula is C41H47N2O10P. The number of methoxy groups -OCH3 is 9. The van der Waals surface area contributed by atoms with Crippen LogP contribution in [0.4, 0.5) is 5.69 Å². The van der Waals surface area contributed by atoms with Crippen LogP contribution in [0.3, 0.4) is 0 Å². The average molecular weight is 759 g/mol. The van der Waals surface area contributed by atoms with E-state index in [9.17, 15) is 4.79 Å². The molecule has 4 aromatic carbocycles. The summed E-state index contributed by atoms with van der Waals surface area (Å²) in [6.07, 6.45) is 1.76. The Labute approximate surface area is 317 Å². The van der Waals surface area contributed by atoms with Gasteiger partial charge in [-0.25, -0.2) is 0 Å². The standard InChI is InChI=1S/C41H47N2O10P/c1-45-29-21-32(48-4)39(33(22-29)49-5)54(40-34(50-6)23-30(46-2)24-35(40)51-7,41-36(52-8)25-31(47-3)26-37(41)53-9)20-11-10-14-38(44)43-28-17-15-27(16-18-28)13-12-19-42/h15-18,21-26,54H,10-11,14,20H2,1-9H3,(H,43,44). The predicted octanol–water partition coefficient (Wildman–Crippen LogP) is 5.47. The zero-order valence-electron chi connectivity index (χ0n) is 32.1. The Morgan fingerprint density at radius 2 is 0.944 bits per heavy atom. The SMILES string of the molecule is COc1cc(OC)c([PH](CCCCC(=O)Nc2ccc(C#CC#N)cc2)(c2c(OC)cc(OC)cc2OC)c2c(OC)cc(OC)cc2OC)c(OC)c1. The van der Waals surface area contributed by atoms with E-state index in [2.05, 4.69) is 17.2 Å². The van der Waals surface area contributed by atoms with Gasteiger partial charge in [0.15, 0.2) is 6.07 Å². The first kappa shape index (κ1) is 40.8. The third kappa shape index (κ3) is 8.62. The Hall–Kier alpha value is -5.97. The quantitative estimate of drug-likeness (QED) is 0.0786. The summed E-state index contributed by atoms with van der Waals surface area (Å²) in [6.45, 7) is 0. The van der Waals surface area contributed by atoms with E-state index in [0.29, 0.717) is 82.0 Å². The van der Waals surface area contributed by atoms with Gasteiger partial charge >= 0.3 is 307 Å². The van der Waals surface area contributed by atoms with Crippen molar-refractivity contribution in [3.05, 3.63) is 66.2 Å². The Morgan fingerprint density at radius 3 is 1.26 bits per heavy atom. The zero-order chi connectivity index (χ0) is 39.3. The summed E-state index contributed by atoms with van der Waals surface area (Å²) < 4.78 is 54.1. The summed E-state index contributed by atoms with van der Waals surface area (Å²) in [5, 5.41) is 13.9. The number of anilines is 1. The topological polar surface area (TPSA) is 136 Å². The molecule has 0 bridgehead atoms. The van der Waals surface area contributed by atoms with Crippen molar-refractivity contribution in [2.45, 2.75) is 19.3 Å². The zero-order valence-corrected chi connectivity index (χ0v) is 33.1. The first-order valence-corrected chi connectivity index (χ1v) is 19.1. The van der Waals surface area contributed by atoms with Crippen LogP contribution in [0.15, 0.2) is 60.7 Å². The molecule has 0 aliphatic rings. The van der Waals surface area contributed by atoms with E-state index in [0.717, 1.165) is 15.9 Å². The van der Waals surface area contributed by atoms with E-state index in [1.54, 1.807) is 94.3 Å². The summed E-state index contributed by atoms with van der Waals surface area (Å²) in [5.41, 5.74) is 1.30. The van der Waals surface area contributed by atoms with Crippen LogP contribution in [-0.2, 0) is 4.79 Å². The number of benzene rings is 4. The molecule has 0 spiro atoms. The van der Waals surface area contributed by atoms with Gasteiger partial charge in [-0.05, 0) is 0 Å². The van der Waals surface area contributed by atoms with Gasteiger partial charge in [0.2, 0.25) is 0 Å². The van der Waals surface area contributed by atoms with E-state index in [1.165, 1.54) is 0 Å². The van der Waals surface area contributed by atoms with Gasteiger partial charge in [0.25, 0.3) is 0 Å². The van der Waals surface area contributed by atoms with Gasteiger partial charge in [-0.3, -0.25) is 0 Å². The van der Waals surface area contributed by atoms with Crippen molar-refractivity contribution >= 4 is 34.8 Å². The number of hydrogen-bond donors (Lipinski definition) is 1. The molecule has 0 saturated heterocycles. The van der Waals surface area contributed by atoms with Gasteiger partial charge in [-0.15, -0.1) is 0 Å².